The summed E-state index contributed by atoms with van der Waals surface area (Å²) >= 11 is 5.26. The van der Waals surface area contributed by atoms with Crippen LogP contribution < -0.4 is 0 Å². The lowest BCUT2D eigenvalue weighted by Crippen LogP contribution is -1.73. The van der Waals surface area contributed by atoms with Gasteiger partial charge >= 0.3 is 0 Å². The summed E-state index contributed by atoms with van der Waals surface area (Å²) in [5.41, 5.74) is 0. The molecule has 0 saturated carbocycles. The van der Waals surface area contributed by atoms with Gasteiger partial charge in [0.05, 0.1) is 0 Å². The van der Waals surface area contributed by atoms with Gasteiger partial charge in [-0.3, -0.25) is 0 Å². The van der Waals surface area contributed by atoms with Gasteiger partial charge in [0.25, 0.3) is 0 Å². The summed E-state index contributed by atoms with van der Waals surface area (Å²) in [6.07, 6.45) is 2.63. The highest BCUT2D eigenvalue weighted by atomic mass is 35.5. The van der Waals surface area contributed by atoms with Gasteiger partial charge in [0.15, 0.2) is 0 Å². The van der Waals surface area contributed by atoms with Crippen LogP contribution in [0.25, 0.3) is 0 Å². The van der Waals surface area contributed by atoms with Crippen LogP contribution in [0.4, 0.5) is 0 Å². The lowest BCUT2D eigenvalue weighted by molar-refractivity contribution is 1.44. The second kappa shape index (κ2) is 4.28. The van der Waals surface area contributed by atoms with Crippen LogP contribution in [-0.4, -0.2) is 11.5 Å². The van der Waals surface area contributed by atoms with E-state index in [1.54, 1.807) is 6.92 Å². The molecule has 0 heterocycles. The molecule has 0 bridgehead atoms. The molecule has 0 atom stereocenters. The number of hydrogen-bond donors (Lipinski definition) is 0. The first-order valence-electron chi connectivity index (χ1n) is 1.88. The molecule has 0 fully saturated rings. The van der Waals surface area contributed by atoms with E-state index in [4.69, 9.17) is 16.9 Å². The molecule has 3 nitrogen and oxygen atoms in total. The Hall–Kier alpha value is -0.880. The molecule has 0 amide bonds. The smallest absolute Gasteiger partial charge is 0.207 e. The molecule has 0 rings (SSSR count). The lowest BCUT2D eigenvalue weighted by atomic mass is 10.9. The van der Waals surface area contributed by atoms with Crippen LogP contribution in [0.1, 0.15) is 6.92 Å². The maximum absolute atomic E-state index is 7.82. The van der Waals surface area contributed by atoms with Crippen LogP contribution in [0.3, 0.4) is 0 Å². The van der Waals surface area contributed by atoms with Crippen molar-refractivity contribution in [3.8, 4) is 6.19 Å². The fourth-order valence-electron chi connectivity index (χ4n) is 0.134. The van der Waals surface area contributed by atoms with E-state index >= 15 is 0 Å². The van der Waals surface area contributed by atoms with Gasteiger partial charge < -0.3 is 0 Å². The van der Waals surface area contributed by atoms with Crippen molar-refractivity contribution < 1.29 is 0 Å². The Bertz CT molecular complexity index is 149. The first-order chi connectivity index (χ1) is 3.77. The molecule has 0 aromatic heterocycles. The molecule has 0 radical (unpaired) electrons. The Morgan fingerprint density at radius 1 is 1.88 bits per heavy atom. The van der Waals surface area contributed by atoms with Crippen molar-refractivity contribution in [3.05, 3.63) is 0 Å². The highest BCUT2D eigenvalue weighted by Gasteiger charge is 1.72. The van der Waals surface area contributed by atoms with E-state index in [0.717, 1.165) is 6.34 Å². The summed E-state index contributed by atoms with van der Waals surface area (Å²) in [5, 5.41) is 8.18. The van der Waals surface area contributed by atoms with E-state index in [-0.39, 0.29) is 0 Å². The lowest BCUT2D eigenvalue weighted by Gasteiger charge is -1.73. The molecular weight excluding hydrogens is 126 g/mol. The van der Waals surface area contributed by atoms with Gasteiger partial charge in [-0.1, -0.05) is 11.6 Å². The molecule has 0 unspecified atom stereocenters. The second-order valence-corrected chi connectivity index (χ2v) is 1.52. The number of nitrogens with zero attached hydrogens (tertiary/aromatic N) is 3. The molecule has 42 valence electrons. The van der Waals surface area contributed by atoms with Crippen molar-refractivity contribution in [1.82, 2.24) is 0 Å². The Kier molecular flexibility index (Phi) is 3.81. The molecule has 0 aliphatic rings. The van der Waals surface area contributed by atoms with Crippen molar-refractivity contribution in [1.29, 1.82) is 5.26 Å². The summed E-state index contributed by atoms with van der Waals surface area (Å²) in [6, 6.07) is 0. The topological polar surface area (TPSA) is 48.5 Å². The Balaban J connectivity index is 3.63. The Labute approximate surface area is 52.3 Å². The minimum Gasteiger partial charge on any atom is -0.229 e. The van der Waals surface area contributed by atoms with Gasteiger partial charge in [-0.25, -0.2) is 4.99 Å². The maximum atomic E-state index is 7.82. The van der Waals surface area contributed by atoms with Gasteiger partial charge in [0, 0.05) is 0 Å². The summed E-state index contributed by atoms with van der Waals surface area (Å²) < 4.78 is 0. The molecule has 8 heavy (non-hydrogen) atoms. The third-order valence-electron chi connectivity index (χ3n) is 0.351. The SMILES string of the molecule is C/C(Cl)=N\C=N/C#N. The molecule has 0 aliphatic heterocycles. The largest absolute Gasteiger partial charge is 0.229 e. The predicted molar refractivity (Wildman–Crippen MR) is 33.1 cm³/mol. The molecule has 0 N–H and O–H groups in total. The van der Waals surface area contributed by atoms with Crippen molar-refractivity contribution in [2.75, 3.05) is 0 Å². The summed E-state index contributed by atoms with van der Waals surface area (Å²) in [7, 11) is 0. The number of nitriles is 1. The summed E-state index contributed by atoms with van der Waals surface area (Å²) in [6.45, 7) is 1.60. The normalized spacial score (nSPS) is 11.9. The highest BCUT2D eigenvalue weighted by Crippen LogP contribution is 1.78. The van der Waals surface area contributed by atoms with E-state index < -0.39 is 0 Å². The van der Waals surface area contributed by atoms with Crippen LogP contribution in [0.15, 0.2) is 9.98 Å². The van der Waals surface area contributed by atoms with Crippen LogP contribution in [0.5, 0.6) is 0 Å². The average Bonchev–Trinajstić information content (AvgIpc) is 1.66. The van der Waals surface area contributed by atoms with E-state index in [1.807, 2.05) is 0 Å². The van der Waals surface area contributed by atoms with Gasteiger partial charge in [-0.2, -0.15) is 10.3 Å². The van der Waals surface area contributed by atoms with Crippen molar-refractivity contribution in [3.63, 3.8) is 0 Å². The summed E-state index contributed by atoms with van der Waals surface area (Å²) in [4.78, 5) is 6.60. The standard InChI is InChI=1S/C4H4ClN3/c1-4(5)8-3-7-2-6/h3H,1H3/b7-3-,8-4+. The van der Waals surface area contributed by atoms with Gasteiger partial charge in [-0.05, 0) is 6.92 Å². The fraction of sp³-hybridized carbons (Fsp3) is 0.250. The Morgan fingerprint density at radius 3 is 2.88 bits per heavy atom. The van der Waals surface area contributed by atoms with E-state index in [0.29, 0.717) is 5.17 Å². The molecule has 4 heteroatoms. The van der Waals surface area contributed by atoms with Crippen molar-refractivity contribution in [2.24, 2.45) is 9.98 Å². The zero-order valence-corrected chi connectivity index (χ0v) is 5.05. The van der Waals surface area contributed by atoms with Crippen molar-refractivity contribution in [2.45, 2.75) is 6.92 Å². The molecule has 0 saturated heterocycles. The molecular formula is C4H4ClN3. The number of halogens is 1. The highest BCUT2D eigenvalue weighted by molar-refractivity contribution is 6.65. The van der Waals surface area contributed by atoms with Crippen LogP contribution >= 0.6 is 11.6 Å². The van der Waals surface area contributed by atoms with Gasteiger partial charge in [-0.15, -0.1) is 0 Å². The van der Waals surface area contributed by atoms with E-state index in [9.17, 15) is 0 Å². The molecule has 0 aromatic rings. The summed E-state index contributed by atoms with van der Waals surface area (Å²) in [5.74, 6) is 0. The molecule has 0 aromatic carbocycles. The quantitative estimate of drug-likeness (QED) is 0.298. The number of rotatable bonds is 1. The second-order valence-electron chi connectivity index (χ2n) is 0.971. The minimum absolute atomic E-state index is 0.365. The monoisotopic (exact) mass is 129 g/mol. The molecule has 0 aliphatic carbocycles. The van der Waals surface area contributed by atoms with E-state index in [1.165, 1.54) is 6.19 Å². The van der Waals surface area contributed by atoms with Crippen LogP contribution in [-0.2, 0) is 0 Å². The predicted octanol–water partition coefficient (Wildman–Crippen LogP) is 1.15. The van der Waals surface area contributed by atoms with Crippen molar-refractivity contribution >= 4 is 23.1 Å². The van der Waals surface area contributed by atoms with Gasteiger partial charge in [0.2, 0.25) is 6.19 Å². The first-order valence-corrected chi connectivity index (χ1v) is 2.25. The number of hydrogen-bond acceptors (Lipinski definition) is 2. The number of aliphatic imine (C=N–C) groups is 2. The fourth-order valence-corrected chi connectivity index (χ4v) is 0.178. The third kappa shape index (κ3) is 5.12. The third-order valence-corrected chi connectivity index (χ3v) is 0.449. The molecule has 0 spiro atoms. The maximum Gasteiger partial charge on any atom is 0.207 e. The van der Waals surface area contributed by atoms with Crippen LogP contribution in [0, 0.1) is 11.5 Å². The average molecular weight is 130 g/mol. The zero-order chi connectivity index (χ0) is 6.41. The van der Waals surface area contributed by atoms with Gasteiger partial charge in [0.1, 0.15) is 11.5 Å². The van der Waals surface area contributed by atoms with Crippen LogP contribution in [0.2, 0.25) is 0 Å². The Morgan fingerprint density at radius 2 is 2.50 bits per heavy atom. The minimum atomic E-state index is 0.365. The van der Waals surface area contributed by atoms with E-state index in [2.05, 4.69) is 9.98 Å². The zero-order valence-electron chi connectivity index (χ0n) is 4.30. The first kappa shape index (κ1) is 7.12.